The van der Waals surface area contributed by atoms with E-state index in [2.05, 4.69) is 0 Å². The molecule has 0 fully saturated rings. The molecule has 2 aromatic rings. The molecular formula is C19H20O5. The Kier molecular flexibility index (Phi) is 5.95. The highest BCUT2D eigenvalue weighted by molar-refractivity contribution is 6.00. The highest BCUT2D eigenvalue weighted by Crippen LogP contribution is 2.25. The van der Waals surface area contributed by atoms with Crippen LogP contribution in [-0.2, 0) is 11.2 Å². The fourth-order valence-electron chi connectivity index (χ4n) is 2.28. The van der Waals surface area contributed by atoms with E-state index in [-0.39, 0.29) is 18.2 Å². The zero-order valence-corrected chi connectivity index (χ0v) is 14.0. The second-order valence-corrected chi connectivity index (χ2v) is 5.08. The summed E-state index contributed by atoms with van der Waals surface area (Å²) < 4.78 is 15.3. The Morgan fingerprint density at radius 3 is 2.25 bits per heavy atom. The van der Waals surface area contributed by atoms with Crippen molar-refractivity contribution in [2.24, 2.45) is 0 Å². The molecule has 5 nitrogen and oxygen atoms in total. The van der Waals surface area contributed by atoms with Gasteiger partial charge in [0, 0.05) is 12.5 Å². The van der Waals surface area contributed by atoms with Crippen LogP contribution in [0.15, 0.2) is 42.5 Å². The van der Waals surface area contributed by atoms with Crippen LogP contribution in [0.1, 0.15) is 33.2 Å². The van der Waals surface area contributed by atoms with E-state index >= 15 is 0 Å². The molecule has 0 unspecified atom stereocenters. The third-order valence-corrected chi connectivity index (χ3v) is 3.54. The standard InChI is InChI=1S/C19H20O5/c1-4-24-19(21)14-7-5-13(6-8-14)11-17(20)16-10-9-15(22-2)12-18(16)23-3/h5-10,12H,4,11H2,1-3H3. The molecule has 0 aliphatic rings. The Hall–Kier alpha value is -2.82. The van der Waals surface area contributed by atoms with Crippen molar-refractivity contribution in [2.75, 3.05) is 20.8 Å². The van der Waals surface area contributed by atoms with Gasteiger partial charge in [0.1, 0.15) is 11.5 Å². The first kappa shape index (κ1) is 17.5. The minimum absolute atomic E-state index is 0.0709. The molecule has 126 valence electrons. The lowest BCUT2D eigenvalue weighted by Gasteiger charge is -2.10. The average Bonchev–Trinajstić information content (AvgIpc) is 2.61. The first-order valence-corrected chi connectivity index (χ1v) is 7.60. The van der Waals surface area contributed by atoms with Crippen LogP contribution in [0, 0.1) is 0 Å². The second-order valence-electron chi connectivity index (χ2n) is 5.08. The van der Waals surface area contributed by atoms with Gasteiger partial charge in [-0.25, -0.2) is 4.79 Å². The summed E-state index contributed by atoms with van der Waals surface area (Å²) in [6, 6.07) is 11.9. The lowest BCUT2D eigenvalue weighted by atomic mass is 10.0. The van der Waals surface area contributed by atoms with Crippen molar-refractivity contribution in [1.82, 2.24) is 0 Å². The Bertz CT molecular complexity index is 719. The molecule has 0 bridgehead atoms. The molecule has 0 aromatic heterocycles. The summed E-state index contributed by atoms with van der Waals surface area (Å²) in [6.07, 6.45) is 0.214. The zero-order valence-electron chi connectivity index (χ0n) is 14.0. The molecule has 0 radical (unpaired) electrons. The van der Waals surface area contributed by atoms with Crippen LogP contribution in [-0.4, -0.2) is 32.6 Å². The van der Waals surface area contributed by atoms with Crippen molar-refractivity contribution in [2.45, 2.75) is 13.3 Å². The van der Waals surface area contributed by atoms with Crippen molar-refractivity contribution >= 4 is 11.8 Å². The first-order chi connectivity index (χ1) is 11.6. The number of ether oxygens (including phenoxy) is 3. The Morgan fingerprint density at radius 1 is 0.958 bits per heavy atom. The maximum Gasteiger partial charge on any atom is 0.338 e. The van der Waals surface area contributed by atoms with Crippen molar-refractivity contribution in [3.05, 3.63) is 59.2 Å². The molecule has 2 rings (SSSR count). The molecule has 0 atom stereocenters. The summed E-state index contributed by atoms with van der Waals surface area (Å²) in [7, 11) is 3.07. The van der Waals surface area contributed by atoms with E-state index in [1.54, 1.807) is 56.5 Å². The van der Waals surface area contributed by atoms with Gasteiger partial charge in [0.25, 0.3) is 0 Å². The van der Waals surface area contributed by atoms with Crippen LogP contribution in [0.4, 0.5) is 0 Å². The van der Waals surface area contributed by atoms with E-state index in [1.165, 1.54) is 7.11 Å². The van der Waals surface area contributed by atoms with Crippen LogP contribution < -0.4 is 9.47 Å². The van der Waals surface area contributed by atoms with Crippen molar-refractivity contribution in [1.29, 1.82) is 0 Å². The van der Waals surface area contributed by atoms with Crippen LogP contribution in [0.2, 0.25) is 0 Å². The molecule has 0 saturated heterocycles. The lowest BCUT2D eigenvalue weighted by molar-refractivity contribution is 0.0526. The molecular weight excluding hydrogens is 308 g/mol. The van der Waals surface area contributed by atoms with E-state index in [0.717, 1.165) is 5.56 Å². The molecule has 0 aliphatic heterocycles. The Labute approximate surface area is 141 Å². The number of ketones is 1. The van der Waals surface area contributed by atoms with Gasteiger partial charge in [0.05, 0.1) is 32.0 Å². The number of esters is 1. The van der Waals surface area contributed by atoms with Crippen molar-refractivity contribution in [3.63, 3.8) is 0 Å². The van der Waals surface area contributed by atoms with Gasteiger partial charge in [0.2, 0.25) is 0 Å². The number of methoxy groups -OCH3 is 2. The Balaban J connectivity index is 2.13. The second kappa shape index (κ2) is 8.15. The van der Waals surface area contributed by atoms with Crippen LogP contribution in [0.3, 0.4) is 0 Å². The van der Waals surface area contributed by atoms with Crippen LogP contribution in [0.25, 0.3) is 0 Å². The fraction of sp³-hybridized carbons (Fsp3) is 0.263. The lowest BCUT2D eigenvalue weighted by Crippen LogP contribution is -2.07. The van der Waals surface area contributed by atoms with E-state index in [1.807, 2.05) is 0 Å². The number of hydrogen-bond donors (Lipinski definition) is 0. The third kappa shape index (κ3) is 4.13. The molecule has 0 heterocycles. The molecule has 0 amide bonds. The van der Waals surface area contributed by atoms with Gasteiger partial charge in [0.15, 0.2) is 5.78 Å². The molecule has 0 spiro atoms. The summed E-state index contributed by atoms with van der Waals surface area (Å²) in [5, 5.41) is 0. The Morgan fingerprint density at radius 2 is 1.67 bits per heavy atom. The largest absolute Gasteiger partial charge is 0.497 e. The summed E-state index contributed by atoms with van der Waals surface area (Å²) >= 11 is 0. The van der Waals surface area contributed by atoms with Gasteiger partial charge in [-0.3, -0.25) is 4.79 Å². The van der Waals surface area contributed by atoms with Gasteiger partial charge < -0.3 is 14.2 Å². The van der Waals surface area contributed by atoms with Crippen LogP contribution in [0.5, 0.6) is 11.5 Å². The maximum atomic E-state index is 12.5. The van der Waals surface area contributed by atoms with Gasteiger partial charge in [-0.1, -0.05) is 12.1 Å². The molecule has 0 saturated carbocycles. The van der Waals surface area contributed by atoms with E-state index < -0.39 is 0 Å². The predicted molar refractivity (Wildman–Crippen MR) is 90.0 cm³/mol. The number of rotatable bonds is 7. The predicted octanol–water partition coefficient (Wildman–Crippen LogP) is 3.31. The maximum absolute atomic E-state index is 12.5. The monoisotopic (exact) mass is 328 g/mol. The smallest absolute Gasteiger partial charge is 0.338 e. The minimum atomic E-state index is -0.368. The van der Waals surface area contributed by atoms with Crippen molar-refractivity contribution in [3.8, 4) is 11.5 Å². The zero-order chi connectivity index (χ0) is 17.5. The van der Waals surface area contributed by atoms with E-state index in [0.29, 0.717) is 29.2 Å². The van der Waals surface area contributed by atoms with E-state index in [9.17, 15) is 9.59 Å². The summed E-state index contributed by atoms with van der Waals surface area (Å²) in [6.45, 7) is 2.09. The number of benzene rings is 2. The van der Waals surface area contributed by atoms with Crippen molar-refractivity contribution < 1.29 is 23.8 Å². The number of hydrogen-bond acceptors (Lipinski definition) is 5. The van der Waals surface area contributed by atoms with Gasteiger partial charge >= 0.3 is 5.97 Å². The average molecular weight is 328 g/mol. The number of Topliss-reactive ketones (excluding diaryl/α,β-unsaturated/α-hetero) is 1. The molecule has 0 aliphatic carbocycles. The third-order valence-electron chi connectivity index (χ3n) is 3.54. The topological polar surface area (TPSA) is 61.8 Å². The number of carbonyl (C=O) groups is 2. The first-order valence-electron chi connectivity index (χ1n) is 7.60. The SMILES string of the molecule is CCOC(=O)c1ccc(CC(=O)c2ccc(OC)cc2OC)cc1. The summed E-state index contributed by atoms with van der Waals surface area (Å²) in [5.74, 6) is 0.662. The van der Waals surface area contributed by atoms with Gasteiger partial charge in [-0.05, 0) is 36.8 Å². The molecule has 2 aromatic carbocycles. The normalized spacial score (nSPS) is 10.1. The summed E-state index contributed by atoms with van der Waals surface area (Å²) in [4.78, 5) is 24.1. The molecule has 24 heavy (non-hydrogen) atoms. The quantitative estimate of drug-likeness (QED) is 0.576. The molecule has 0 N–H and O–H groups in total. The summed E-state index contributed by atoms with van der Waals surface area (Å²) in [5.41, 5.74) is 1.77. The number of carbonyl (C=O) groups excluding carboxylic acids is 2. The van der Waals surface area contributed by atoms with Crippen LogP contribution >= 0.6 is 0 Å². The van der Waals surface area contributed by atoms with Gasteiger partial charge in [-0.2, -0.15) is 0 Å². The molecule has 5 heteroatoms. The highest BCUT2D eigenvalue weighted by atomic mass is 16.5. The fourth-order valence-corrected chi connectivity index (χ4v) is 2.28. The minimum Gasteiger partial charge on any atom is -0.497 e. The highest BCUT2D eigenvalue weighted by Gasteiger charge is 2.14. The van der Waals surface area contributed by atoms with Gasteiger partial charge in [-0.15, -0.1) is 0 Å². The van der Waals surface area contributed by atoms with E-state index in [4.69, 9.17) is 14.2 Å².